The first-order valence-electron chi connectivity index (χ1n) is 3.76. The molecule has 0 unspecified atom stereocenters. The minimum absolute atomic E-state index is 0. The van der Waals surface area contributed by atoms with Gasteiger partial charge in [-0.2, -0.15) is 6.08 Å². The quantitative estimate of drug-likeness (QED) is 0.501. The molecule has 0 aromatic carbocycles. The van der Waals surface area contributed by atoms with Crippen LogP contribution in [0.1, 0.15) is 20.3 Å². The van der Waals surface area contributed by atoms with Crippen molar-refractivity contribution in [3.63, 3.8) is 0 Å². The molecular weight excluding hydrogens is 223 g/mol. The Morgan fingerprint density at radius 3 is 1.69 bits per heavy atom. The molecule has 0 atom stereocenters. The van der Waals surface area contributed by atoms with E-state index in [2.05, 4.69) is 12.2 Å². The van der Waals surface area contributed by atoms with E-state index in [1.54, 1.807) is 13.8 Å². The monoisotopic (exact) mass is 241 g/mol. The Bertz CT molecular complexity index is 93.8. The predicted molar refractivity (Wildman–Crippen MR) is 54.3 cm³/mol. The molecule has 0 bridgehead atoms. The standard InChI is InChI=1S/C5H5.2C2H6O.ClH.Ti/c1-2-4-5-3-1;2*1-2-3;;/h1-3H,4H2;2*3H,2H2,1H3;1H;/q-1;;;;. The molecule has 0 amide bonds. The van der Waals surface area contributed by atoms with Crippen molar-refractivity contribution in [1.82, 2.24) is 0 Å². The Hall–Kier alpha value is 0.404. The number of allylic oxidation sites excluding steroid dienone is 4. The molecule has 0 aromatic rings. The van der Waals surface area contributed by atoms with Gasteiger partial charge in [-0.25, -0.2) is 12.2 Å². The summed E-state index contributed by atoms with van der Waals surface area (Å²) in [5, 5.41) is 15.1. The molecule has 0 radical (unpaired) electrons. The van der Waals surface area contributed by atoms with Gasteiger partial charge in [-0.15, -0.1) is 18.8 Å². The fraction of sp³-hybridized carbons (Fsp3) is 0.556. The maximum absolute atomic E-state index is 7.57. The van der Waals surface area contributed by atoms with Gasteiger partial charge in [0.15, 0.2) is 0 Å². The average Bonchev–Trinajstić information content (AvgIpc) is 2.44. The molecule has 1 rings (SSSR count). The second-order valence-corrected chi connectivity index (χ2v) is 1.64. The van der Waals surface area contributed by atoms with Crippen LogP contribution in [0.2, 0.25) is 0 Å². The van der Waals surface area contributed by atoms with Crippen LogP contribution in [0.5, 0.6) is 0 Å². The van der Waals surface area contributed by atoms with Crippen LogP contribution in [0, 0.1) is 6.08 Å². The number of hydrogen-bond acceptors (Lipinski definition) is 2. The Balaban J connectivity index is -0.0000000461. The van der Waals surface area contributed by atoms with Crippen LogP contribution >= 0.6 is 12.4 Å². The molecule has 0 saturated heterocycles. The number of rotatable bonds is 0. The summed E-state index contributed by atoms with van der Waals surface area (Å²) < 4.78 is 0. The van der Waals surface area contributed by atoms with E-state index in [0.717, 1.165) is 6.42 Å². The van der Waals surface area contributed by atoms with Gasteiger partial charge in [0.2, 0.25) is 0 Å². The van der Waals surface area contributed by atoms with Crippen molar-refractivity contribution in [1.29, 1.82) is 0 Å². The average molecular weight is 242 g/mol. The molecular formula is C9H18ClO2Ti-. The van der Waals surface area contributed by atoms with E-state index >= 15 is 0 Å². The van der Waals surface area contributed by atoms with Gasteiger partial charge in [0.25, 0.3) is 0 Å². The molecule has 2 nitrogen and oxygen atoms in total. The molecule has 4 heteroatoms. The fourth-order valence-electron chi connectivity index (χ4n) is 0.340. The summed E-state index contributed by atoms with van der Waals surface area (Å²) in [5.41, 5.74) is 0. The Kier molecular flexibility index (Phi) is 52.8. The molecule has 1 aliphatic carbocycles. The molecule has 0 aliphatic heterocycles. The van der Waals surface area contributed by atoms with E-state index < -0.39 is 0 Å². The maximum atomic E-state index is 7.57. The second kappa shape index (κ2) is 29.4. The van der Waals surface area contributed by atoms with Gasteiger partial charge in [-0.1, -0.05) is 0 Å². The zero-order valence-corrected chi connectivity index (χ0v) is 10.5. The molecule has 78 valence electrons. The number of hydrogen-bond donors (Lipinski definition) is 2. The summed E-state index contributed by atoms with van der Waals surface area (Å²) >= 11 is 0. The topological polar surface area (TPSA) is 40.5 Å². The van der Waals surface area contributed by atoms with Crippen LogP contribution < -0.4 is 0 Å². The van der Waals surface area contributed by atoms with Crippen molar-refractivity contribution in [2.45, 2.75) is 20.3 Å². The maximum Gasteiger partial charge on any atom is 0.0402 e. The first-order valence-corrected chi connectivity index (χ1v) is 3.76. The third kappa shape index (κ3) is 46.0. The molecule has 2 N–H and O–H groups in total. The van der Waals surface area contributed by atoms with Gasteiger partial charge in [0.1, 0.15) is 0 Å². The largest absolute Gasteiger partial charge is 0.397 e. The van der Waals surface area contributed by atoms with Crippen molar-refractivity contribution < 1.29 is 31.9 Å². The SMILES string of the molecule is CCO.CCO.Cl.[C-]1=CC=CC1.[Ti]. The van der Waals surface area contributed by atoms with E-state index in [-0.39, 0.29) is 47.3 Å². The van der Waals surface area contributed by atoms with Crippen molar-refractivity contribution >= 4 is 12.4 Å². The first-order chi connectivity index (χ1) is 5.33. The van der Waals surface area contributed by atoms with E-state index in [0.29, 0.717) is 0 Å². The smallest absolute Gasteiger partial charge is 0.0402 e. The van der Waals surface area contributed by atoms with Crippen LogP contribution in [-0.4, -0.2) is 23.4 Å². The van der Waals surface area contributed by atoms with Crippen molar-refractivity contribution in [2.75, 3.05) is 13.2 Å². The normalized spacial score (nSPS) is 9.54. The molecule has 1 aliphatic rings. The summed E-state index contributed by atoms with van der Waals surface area (Å²) in [4.78, 5) is 0. The zero-order valence-electron chi connectivity index (χ0n) is 8.16. The summed E-state index contributed by atoms with van der Waals surface area (Å²) in [6.07, 6.45) is 10.0. The summed E-state index contributed by atoms with van der Waals surface area (Å²) in [7, 11) is 0. The summed E-state index contributed by atoms with van der Waals surface area (Å²) in [6, 6.07) is 0. The third-order valence-electron chi connectivity index (χ3n) is 0.586. The Labute approximate surface area is 102 Å². The zero-order chi connectivity index (χ0) is 8.95. The molecule has 0 aromatic heterocycles. The van der Waals surface area contributed by atoms with E-state index in [4.69, 9.17) is 10.2 Å². The van der Waals surface area contributed by atoms with Crippen LogP contribution in [0.15, 0.2) is 18.2 Å². The van der Waals surface area contributed by atoms with Gasteiger partial charge in [0.05, 0.1) is 0 Å². The van der Waals surface area contributed by atoms with Gasteiger partial charge < -0.3 is 10.2 Å². The van der Waals surface area contributed by atoms with E-state index in [9.17, 15) is 0 Å². The predicted octanol–water partition coefficient (Wildman–Crippen LogP) is 1.72. The molecule has 0 heterocycles. The number of halogens is 1. The molecule has 0 spiro atoms. The Morgan fingerprint density at radius 1 is 1.23 bits per heavy atom. The van der Waals surface area contributed by atoms with Crippen molar-refractivity contribution in [2.24, 2.45) is 0 Å². The van der Waals surface area contributed by atoms with Crippen molar-refractivity contribution in [3.05, 3.63) is 24.3 Å². The Morgan fingerprint density at radius 2 is 1.62 bits per heavy atom. The van der Waals surface area contributed by atoms with Crippen LogP contribution in [0.4, 0.5) is 0 Å². The van der Waals surface area contributed by atoms with Crippen LogP contribution in [0.3, 0.4) is 0 Å². The minimum atomic E-state index is 0. The number of aliphatic hydroxyl groups is 2. The molecule has 0 saturated carbocycles. The van der Waals surface area contributed by atoms with E-state index in [1.165, 1.54) is 0 Å². The van der Waals surface area contributed by atoms with Crippen molar-refractivity contribution in [3.8, 4) is 0 Å². The summed E-state index contributed by atoms with van der Waals surface area (Å²) in [5.74, 6) is 0. The molecule has 0 fully saturated rings. The van der Waals surface area contributed by atoms with Gasteiger partial charge in [-0.3, -0.25) is 6.08 Å². The minimum Gasteiger partial charge on any atom is -0.397 e. The van der Waals surface area contributed by atoms with Gasteiger partial charge in [-0.05, 0) is 13.8 Å². The fourth-order valence-corrected chi connectivity index (χ4v) is 0.340. The van der Waals surface area contributed by atoms with Crippen LogP contribution in [0.25, 0.3) is 0 Å². The third-order valence-corrected chi connectivity index (χ3v) is 0.586. The van der Waals surface area contributed by atoms with Crippen LogP contribution in [-0.2, 0) is 21.7 Å². The first kappa shape index (κ1) is 23.3. The summed E-state index contributed by atoms with van der Waals surface area (Å²) in [6.45, 7) is 3.86. The van der Waals surface area contributed by atoms with Gasteiger partial charge >= 0.3 is 0 Å². The molecule has 13 heavy (non-hydrogen) atoms. The second-order valence-electron chi connectivity index (χ2n) is 1.64. The number of aliphatic hydroxyl groups excluding tert-OH is 2. The van der Waals surface area contributed by atoms with E-state index in [1.807, 2.05) is 12.2 Å². The van der Waals surface area contributed by atoms with Gasteiger partial charge in [0, 0.05) is 34.9 Å².